The third kappa shape index (κ3) is 7.22. The van der Waals surface area contributed by atoms with Crippen LogP contribution in [0, 0.1) is 0 Å². The minimum Gasteiger partial charge on any atom is -0.379 e. The second-order valence-corrected chi connectivity index (χ2v) is 3.87. The van der Waals surface area contributed by atoms with Crippen LogP contribution >= 0.6 is 0 Å². The Bertz CT molecular complexity index is 221. The lowest BCUT2D eigenvalue weighted by molar-refractivity contribution is -0.123. The molecule has 0 radical (unpaired) electrons. The summed E-state index contributed by atoms with van der Waals surface area (Å²) in [6, 6.07) is 0. The molecular weight excluding hydrogens is 196 g/mol. The number of hydrogen-bond acceptors (Lipinski definition) is 4. The first-order valence-electron chi connectivity index (χ1n) is 5.39. The molecule has 0 aromatic carbocycles. The topological polar surface area (TPSA) is 55.9 Å². The van der Waals surface area contributed by atoms with Crippen molar-refractivity contribution in [2.75, 3.05) is 19.8 Å². The average Bonchev–Trinajstić information content (AvgIpc) is 2.98. The molecule has 1 unspecified atom stereocenters. The maximum absolute atomic E-state index is 11.2. The van der Waals surface area contributed by atoms with E-state index in [0.29, 0.717) is 38.6 Å². The quantitative estimate of drug-likeness (QED) is 0.426. The van der Waals surface area contributed by atoms with Gasteiger partial charge in [0.05, 0.1) is 13.2 Å². The van der Waals surface area contributed by atoms with Gasteiger partial charge in [0.15, 0.2) is 0 Å². The van der Waals surface area contributed by atoms with Crippen LogP contribution in [0.3, 0.4) is 0 Å². The predicted molar refractivity (Wildman–Crippen MR) is 54.7 cm³/mol. The Balaban J connectivity index is 1.84. The number of ether oxygens (including phenoxy) is 2. The van der Waals surface area contributed by atoms with Gasteiger partial charge in [0.25, 0.3) is 0 Å². The number of ketones is 2. The molecular formula is C11H18O4. The van der Waals surface area contributed by atoms with Crippen LogP contribution in [-0.2, 0) is 19.1 Å². The molecule has 0 aromatic rings. The van der Waals surface area contributed by atoms with Gasteiger partial charge in [0.1, 0.15) is 17.7 Å². The van der Waals surface area contributed by atoms with Crippen molar-refractivity contribution in [3.8, 4) is 0 Å². The highest BCUT2D eigenvalue weighted by atomic mass is 16.6. The molecule has 4 nitrogen and oxygen atoms in total. The fraction of sp³-hybridized carbons (Fsp3) is 0.818. The molecule has 0 spiro atoms. The summed E-state index contributed by atoms with van der Waals surface area (Å²) in [5, 5.41) is 0. The Hall–Kier alpha value is -0.740. The lowest BCUT2D eigenvalue weighted by Crippen LogP contribution is -2.06. The number of epoxide rings is 1. The van der Waals surface area contributed by atoms with Crippen LogP contribution in [0.5, 0.6) is 0 Å². The Morgan fingerprint density at radius 3 is 2.67 bits per heavy atom. The van der Waals surface area contributed by atoms with E-state index in [9.17, 15) is 9.59 Å². The normalized spacial score (nSPS) is 18.9. The molecule has 1 rings (SSSR count). The van der Waals surface area contributed by atoms with Gasteiger partial charge in [0, 0.05) is 25.9 Å². The maximum atomic E-state index is 11.2. The number of hydrogen-bond donors (Lipinski definition) is 0. The molecule has 1 saturated heterocycles. The number of carbonyl (C=O) groups excluding carboxylic acids is 2. The van der Waals surface area contributed by atoms with Crippen LogP contribution in [-0.4, -0.2) is 37.5 Å². The molecule has 86 valence electrons. The van der Waals surface area contributed by atoms with E-state index >= 15 is 0 Å². The summed E-state index contributed by atoms with van der Waals surface area (Å²) < 4.78 is 10.3. The van der Waals surface area contributed by atoms with E-state index in [0.717, 1.165) is 13.0 Å². The van der Waals surface area contributed by atoms with Crippen LogP contribution in [0.15, 0.2) is 0 Å². The van der Waals surface area contributed by atoms with Gasteiger partial charge in [-0.15, -0.1) is 0 Å². The second-order valence-electron chi connectivity index (χ2n) is 3.87. The van der Waals surface area contributed by atoms with Gasteiger partial charge in [-0.3, -0.25) is 4.79 Å². The Morgan fingerprint density at radius 2 is 2.07 bits per heavy atom. The largest absolute Gasteiger partial charge is 0.379 e. The fourth-order valence-corrected chi connectivity index (χ4v) is 1.19. The first-order valence-corrected chi connectivity index (χ1v) is 5.39. The molecule has 1 heterocycles. The molecule has 1 fully saturated rings. The summed E-state index contributed by atoms with van der Waals surface area (Å²) >= 11 is 0. The molecule has 0 aromatic heterocycles. The van der Waals surface area contributed by atoms with E-state index in [1.165, 1.54) is 6.92 Å². The third-order valence-corrected chi connectivity index (χ3v) is 2.21. The predicted octanol–water partition coefficient (Wildman–Crippen LogP) is 1.12. The molecule has 4 heteroatoms. The lowest BCUT2D eigenvalue weighted by Gasteiger charge is -2.01. The van der Waals surface area contributed by atoms with Gasteiger partial charge in [-0.05, 0) is 13.3 Å². The maximum Gasteiger partial charge on any atom is 0.133 e. The standard InChI is InChI=1S/C11H18O4/c1-9(12)4-5-10(13)3-2-6-14-7-11-8-15-11/h11H,2-8H2,1H3. The fourth-order valence-electron chi connectivity index (χ4n) is 1.19. The summed E-state index contributed by atoms with van der Waals surface area (Å²) in [5.41, 5.74) is 0. The SMILES string of the molecule is CC(=O)CCC(=O)CCCOCC1CO1. The van der Waals surface area contributed by atoms with E-state index in [4.69, 9.17) is 9.47 Å². The summed E-state index contributed by atoms with van der Waals surface area (Å²) in [6.07, 6.45) is 2.29. The number of carbonyl (C=O) groups is 2. The zero-order chi connectivity index (χ0) is 11.1. The molecule has 1 aliphatic heterocycles. The van der Waals surface area contributed by atoms with Crippen molar-refractivity contribution in [3.05, 3.63) is 0 Å². The van der Waals surface area contributed by atoms with Gasteiger partial charge < -0.3 is 14.3 Å². The van der Waals surface area contributed by atoms with Crippen molar-refractivity contribution >= 4 is 11.6 Å². The molecule has 0 aliphatic carbocycles. The molecule has 15 heavy (non-hydrogen) atoms. The molecule has 0 saturated carbocycles. The monoisotopic (exact) mass is 214 g/mol. The van der Waals surface area contributed by atoms with Crippen LogP contribution in [0.2, 0.25) is 0 Å². The van der Waals surface area contributed by atoms with Crippen molar-refractivity contribution in [2.24, 2.45) is 0 Å². The molecule has 0 amide bonds. The molecule has 0 N–H and O–H groups in total. The highest BCUT2D eigenvalue weighted by Gasteiger charge is 2.21. The first kappa shape index (κ1) is 12.3. The highest BCUT2D eigenvalue weighted by Crippen LogP contribution is 2.09. The molecule has 1 atom stereocenters. The summed E-state index contributed by atoms with van der Waals surface area (Å²) in [5.74, 6) is 0.224. The van der Waals surface area contributed by atoms with Gasteiger partial charge in [-0.2, -0.15) is 0 Å². The number of rotatable bonds is 9. The first-order chi connectivity index (χ1) is 7.18. The van der Waals surface area contributed by atoms with Crippen molar-refractivity contribution in [2.45, 2.75) is 38.7 Å². The third-order valence-electron chi connectivity index (χ3n) is 2.21. The molecule has 0 bridgehead atoms. The second kappa shape index (κ2) is 6.69. The van der Waals surface area contributed by atoms with Crippen LogP contribution < -0.4 is 0 Å². The van der Waals surface area contributed by atoms with Crippen molar-refractivity contribution in [3.63, 3.8) is 0 Å². The lowest BCUT2D eigenvalue weighted by atomic mass is 10.1. The Kier molecular flexibility index (Phi) is 5.50. The van der Waals surface area contributed by atoms with E-state index in [1.807, 2.05) is 0 Å². The highest BCUT2D eigenvalue weighted by molar-refractivity contribution is 5.84. The van der Waals surface area contributed by atoms with E-state index in [2.05, 4.69) is 0 Å². The van der Waals surface area contributed by atoms with Crippen molar-refractivity contribution < 1.29 is 19.1 Å². The van der Waals surface area contributed by atoms with Crippen LogP contribution in [0.4, 0.5) is 0 Å². The minimum atomic E-state index is 0.0745. The Labute approximate surface area is 89.9 Å². The van der Waals surface area contributed by atoms with Crippen molar-refractivity contribution in [1.29, 1.82) is 0 Å². The summed E-state index contributed by atoms with van der Waals surface area (Å²) in [6.45, 7) is 3.55. The van der Waals surface area contributed by atoms with E-state index < -0.39 is 0 Å². The summed E-state index contributed by atoms with van der Waals surface area (Å²) in [7, 11) is 0. The van der Waals surface area contributed by atoms with E-state index in [1.54, 1.807) is 0 Å². The van der Waals surface area contributed by atoms with Crippen molar-refractivity contribution in [1.82, 2.24) is 0 Å². The molecule has 1 aliphatic rings. The van der Waals surface area contributed by atoms with Gasteiger partial charge in [-0.25, -0.2) is 0 Å². The summed E-state index contributed by atoms with van der Waals surface area (Å²) in [4.78, 5) is 21.8. The zero-order valence-corrected chi connectivity index (χ0v) is 9.16. The average molecular weight is 214 g/mol. The van der Waals surface area contributed by atoms with E-state index in [-0.39, 0.29) is 11.6 Å². The zero-order valence-electron chi connectivity index (χ0n) is 9.16. The van der Waals surface area contributed by atoms with Crippen LogP contribution in [0.25, 0.3) is 0 Å². The van der Waals surface area contributed by atoms with Gasteiger partial charge in [-0.1, -0.05) is 0 Å². The van der Waals surface area contributed by atoms with Gasteiger partial charge in [0.2, 0.25) is 0 Å². The minimum absolute atomic E-state index is 0.0745. The smallest absolute Gasteiger partial charge is 0.133 e. The van der Waals surface area contributed by atoms with Crippen LogP contribution in [0.1, 0.15) is 32.6 Å². The Morgan fingerprint density at radius 1 is 1.33 bits per heavy atom. The van der Waals surface area contributed by atoms with Gasteiger partial charge >= 0.3 is 0 Å². The number of Topliss-reactive ketones (excluding diaryl/α,β-unsaturated/α-hetero) is 2.